The molecule has 0 aliphatic heterocycles. The van der Waals surface area contributed by atoms with Crippen molar-refractivity contribution in [2.45, 2.75) is 35.0 Å². The van der Waals surface area contributed by atoms with Crippen LogP contribution in [0.3, 0.4) is 0 Å². The molecule has 1 saturated carbocycles. The Kier molecular flexibility index (Phi) is 3.05. The second-order valence-corrected chi connectivity index (χ2v) is 7.33. The molecule has 0 atom stereocenters. The third-order valence-corrected chi connectivity index (χ3v) is 4.81. The van der Waals surface area contributed by atoms with Crippen molar-refractivity contribution in [3.8, 4) is 0 Å². The fourth-order valence-corrected chi connectivity index (χ4v) is 3.93. The minimum absolute atomic E-state index is 0.126. The van der Waals surface area contributed by atoms with Gasteiger partial charge in [-0.15, -0.1) is 23.2 Å². The number of rotatable bonds is 3. The Morgan fingerprint density at radius 2 is 2.12 bits per heavy atom. The first kappa shape index (κ1) is 12.9. The van der Waals surface area contributed by atoms with E-state index in [0.29, 0.717) is 12.8 Å². The van der Waals surface area contributed by atoms with Crippen molar-refractivity contribution < 1.29 is 12.9 Å². The molecule has 96 valence electrons. The Hall–Kier alpha value is -0.500. The summed E-state index contributed by atoms with van der Waals surface area (Å²) >= 11 is 11.6. The SMILES string of the molecule is Cc1onc(N)c1S(=O)(=O)NC1CC(Cl)(Cl)C1. The fraction of sp³-hybridized carbons (Fsp3) is 0.625. The van der Waals surface area contributed by atoms with Gasteiger partial charge < -0.3 is 10.3 Å². The van der Waals surface area contributed by atoms with Crippen LogP contribution >= 0.6 is 23.2 Å². The third-order valence-electron chi connectivity index (χ3n) is 2.51. The van der Waals surface area contributed by atoms with E-state index >= 15 is 0 Å². The van der Waals surface area contributed by atoms with Crippen LogP contribution in [0.2, 0.25) is 0 Å². The van der Waals surface area contributed by atoms with E-state index < -0.39 is 14.4 Å². The summed E-state index contributed by atoms with van der Waals surface area (Å²) < 4.78 is 30.3. The quantitative estimate of drug-likeness (QED) is 0.817. The summed E-state index contributed by atoms with van der Waals surface area (Å²) in [4.78, 5) is -0.126. The maximum Gasteiger partial charge on any atom is 0.248 e. The zero-order valence-electron chi connectivity index (χ0n) is 8.91. The molecule has 0 spiro atoms. The van der Waals surface area contributed by atoms with Crippen LogP contribution < -0.4 is 10.5 Å². The summed E-state index contributed by atoms with van der Waals surface area (Å²) in [6.07, 6.45) is 0.721. The van der Waals surface area contributed by atoms with Gasteiger partial charge in [-0.25, -0.2) is 13.1 Å². The molecular weight excluding hydrogens is 289 g/mol. The number of sulfonamides is 1. The number of nitrogen functional groups attached to an aromatic ring is 1. The summed E-state index contributed by atoms with van der Waals surface area (Å²) in [6, 6.07) is -0.288. The number of nitrogens with zero attached hydrogens (tertiary/aromatic N) is 1. The summed E-state index contributed by atoms with van der Waals surface area (Å²) in [5.74, 6) is -0.00494. The molecule has 0 aromatic carbocycles. The van der Waals surface area contributed by atoms with Gasteiger partial charge >= 0.3 is 0 Å². The van der Waals surface area contributed by atoms with E-state index in [1.165, 1.54) is 6.92 Å². The number of halogens is 2. The van der Waals surface area contributed by atoms with Crippen LogP contribution in [0.5, 0.6) is 0 Å². The van der Waals surface area contributed by atoms with Gasteiger partial charge in [-0.2, -0.15) is 0 Å². The second-order valence-electron chi connectivity index (χ2n) is 4.04. The highest BCUT2D eigenvalue weighted by Gasteiger charge is 2.43. The summed E-state index contributed by atoms with van der Waals surface area (Å²) in [5.41, 5.74) is 5.44. The Labute approximate surface area is 108 Å². The lowest BCUT2D eigenvalue weighted by Gasteiger charge is -2.37. The molecule has 6 nitrogen and oxygen atoms in total. The molecular formula is C8H11Cl2N3O3S. The van der Waals surface area contributed by atoms with Crippen LogP contribution in [0, 0.1) is 6.92 Å². The average molecular weight is 300 g/mol. The molecule has 0 radical (unpaired) electrons. The molecule has 3 N–H and O–H groups in total. The molecule has 17 heavy (non-hydrogen) atoms. The number of anilines is 1. The fourth-order valence-electron chi connectivity index (χ4n) is 1.73. The van der Waals surface area contributed by atoms with Crippen molar-refractivity contribution in [1.29, 1.82) is 0 Å². The van der Waals surface area contributed by atoms with Crippen LogP contribution in [-0.2, 0) is 10.0 Å². The maximum absolute atomic E-state index is 12.0. The topological polar surface area (TPSA) is 98.2 Å². The molecule has 1 fully saturated rings. The molecule has 9 heteroatoms. The van der Waals surface area contributed by atoms with Crippen LogP contribution in [0.25, 0.3) is 0 Å². The number of nitrogens with two attached hydrogens (primary N) is 1. The predicted octanol–water partition coefficient (Wildman–Crippen LogP) is 1.18. The first-order valence-corrected chi connectivity index (χ1v) is 7.07. The molecule has 0 amide bonds. The van der Waals surface area contributed by atoms with Crippen molar-refractivity contribution >= 4 is 39.0 Å². The Balaban J connectivity index is 2.16. The highest BCUT2D eigenvalue weighted by atomic mass is 35.5. The van der Waals surface area contributed by atoms with E-state index in [1.807, 2.05) is 0 Å². The van der Waals surface area contributed by atoms with E-state index in [1.54, 1.807) is 0 Å². The van der Waals surface area contributed by atoms with Gasteiger partial charge in [0.15, 0.2) is 16.5 Å². The Morgan fingerprint density at radius 1 is 1.53 bits per heavy atom. The van der Waals surface area contributed by atoms with Gasteiger partial charge in [0.2, 0.25) is 10.0 Å². The molecule has 1 aromatic heterocycles. The molecule has 0 unspecified atom stereocenters. The van der Waals surface area contributed by atoms with Crippen molar-refractivity contribution in [3.63, 3.8) is 0 Å². The van der Waals surface area contributed by atoms with Crippen molar-refractivity contribution in [3.05, 3.63) is 5.76 Å². The second kappa shape index (κ2) is 4.01. The lowest BCUT2D eigenvalue weighted by atomic mass is 9.93. The van der Waals surface area contributed by atoms with Gasteiger partial charge in [-0.1, -0.05) is 5.16 Å². The average Bonchev–Trinajstić information content (AvgIpc) is 2.42. The smallest absolute Gasteiger partial charge is 0.248 e. The van der Waals surface area contributed by atoms with Crippen molar-refractivity contribution in [2.24, 2.45) is 0 Å². The van der Waals surface area contributed by atoms with Crippen LogP contribution in [0.4, 0.5) is 5.82 Å². The maximum atomic E-state index is 12.0. The summed E-state index contributed by atoms with van der Waals surface area (Å²) in [5, 5.41) is 3.39. The number of hydrogen-bond acceptors (Lipinski definition) is 5. The van der Waals surface area contributed by atoms with E-state index in [2.05, 4.69) is 9.88 Å². The third kappa shape index (κ3) is 2.52. The highest BCUT2D eigenvalue weighted by molar-refractivity contribution is 7.89. The number of aromatic nitrogens is 1. The number of nitrogens with one attached hydrogen (secondary N) is 1. The molecule has 0 bridgehead atoms. The lowest BCUT2D eigenvalue weighted by molar-refractivity contribution is 0.358. The first-order chi connectivity index (χ1) is 7.71. The van der Waals surface area contributed by atoms with Gasteiger partial charge in [-0.05, 0) is 19.8 Å². The monoisotopic (exact) mass is 299 g/mol. The van der Waals surface area contributed by atoms with E-state index in [0.717, 1.165) is 0 Å². The van der Waals surface area contributed by atoms with Gasteiger partial charge in [0.1, 0.15) is 4.33 Å². The molecule has 1 aliphatic carbocycles. The molecule has 1 aliphatic rings. The van der Waals surface area contributed by atoms with Gasteiger partial charge in [0, 0.05) is 6.04 Å². The van der Waals surface area contributed by atoms with E-state index in [4.69, 9.17) is 33.5 Å². The largest absolute Gasteiger partial charge is 0.380 e. The van der Waals surface area contributed by atoms with E-state index in [-0.39, 0.29) is 22.5 Å². The normalized spacial score (nSPS) is 20.2. The molecule has 0 saturated heterocycles. The van der Waals surface area contributed by atoms with Crippen LogP contribution in [-0.4, -0.2) is 23.9 Å². The van der Waals surface area contributed by atoms with Crippen LogP contribution in [0.1, 0.15) is 18.6 Å². The van der Waals surface area contributed by atoms with Gasteiger partial charge in [0.25, 0.3) is 0 Å². The highest BCUT2D eigenvalue weighted by Crippen LogP contribution is 2.42. The number of alkyl halides is 2. The Morgan fingerprint density at radius 3 is 2.53 bits per heavy atom. The number of hydrogen-bond donors (Lipinski definition) is 2. The van der Waals surface area contributed by atoms with Crippen molar-refractivity contribution in [1.82, 2.24) is 9.88 Å². The van der Waals surface area contributed by atoms with Crippen LogP contribution in [0.15, 0.2) is 9.42 Å². The minimum Gasteiger partial charge on any atom is -0.380 e. The van der Waals surface area contributed by atoms with Crippen molar-refractivity contribution in [2.75, 3.05) is 5.73 Å². The number of aryl methyl sites for hydroxylation is 1. The van der Waals surface area contributed by atoms with Gasteiger partial charge in [-0.3, -0.25) is 0 Å². The predicted molar refractivity (Wildman–Crippen MR) is 63.4 cm³/mol. The summed E-state index contributed by atoms with van der Waals surface area (Å²) in [6.45, 7) is 1.48. The Bertz CT molecular complexity index is 513. The molecule has 2 rings (SSSR count). The molecule has 1 heterocycles. The summed E-state index contributed by atoms with van der Waals surface area (Å²) in [7, 11) is -3.74. The zero-order valence-corrected chi connectivity index (χ0v) is 11.2. The lowest BCUT2D eigenvalue weighted by Crippen LogP contribution is -2.49. The standard InChI is InChI=1S/C8H11Cl2N3O3S/c1-4-6(7(11)12-16-4)17(14,15)13-5-2-8(9,10)3-5/h5,13H,2-3H2,1H3,(H2,11,12). The zero-order chi connectivity index (χ0) is 12.8. The van der Waals surface area contributed by atoms with Gasteiger partial charge in [0.05, 0.1) is 0 Å². The van der Waals surface area contributed by atoms with E-state index in [9.17, 15) is 8.42 Å². The first-order valence-electron chi connectivity index (χ1n) is 4.83. The minimum atomic E-state index is -3.74. The molecule has 1 aromatic rings.